The molecule has 20 heavy (non-hydrogen) atoms. The third-order valence-electron chi connectivity index (χ3n) is 2.16. The Kier molecular flexibility index (Phi) is 5.18. The van der Waals surface area contributed by atoms with Crippen LogP contribution in [0.1, 0.15) is 16.8 Å². The monoisotopic (exact) mass is 330 g/mol. The molecule has 1 aromatic carbocycles. The van der Waals surface area contributed by atoms with E-state index in [1.165, 1.54) is 0 Å². The van der Waals surface area contributed by atoms with Crippen molar-refractivity contribution in [2.24, 2.45) is 0 Å². The lowest BCUT2D eigenvalue weighted by Gasteiger charge is -2.08. The topological polar surface area (TPSA) is 72.2 Å². The van der Waals surface area contributed by atoms with Gasteiger partial charge < -0.3 is 5.32 Å². The maximum Gasteiger partial charge on any atom is 0.390 e. The molecule has 0 bridgehead atoms. The average Bonchev–Trinajstić information content (AvgIpc) is 2.30. The lowest BCUT2D eigenvalue weighted by molar-refractivity contribution is -0.384. The zero-order chi connectivity index (χ0) is 15.5. The quantitative estimate of drug-likeness (QED) is 0.677. The SMILES string of the molecule is O=C(NCCC(F)(F)F)c1cc(Cl)c(Cl)c([N+](=O)[O-])c1. The molecule has 5 nitrogen and oxygen atoms in total. The number of nitrogens with one attached hydrogen (secondary N) is 1. The van der Waals surface area contributed by atoms with Gasteiger partial charge in [-0.1, -0.05) is 23.2 Å². The first-order chi connectivity index (χ1) is 9.11. The van der Waals surface area contributed by atoms with Crippen LogP contribution in [0.3, 0.4) is 0 Å². The standard InChI is InChI=1S/C10H7Cl2F3N2O3/c11-6-3-5(4-7(8(6)12)17(19)20)9(18)16-2-1-10(13,14)15/h3-4H,1-2H2,(H,16,18). The molecule has 0 fully saturated rings. The van der Waals surface area contributed by atoms with E-state index in [0.29, 0.717) is 0 Å². The van der Waals surface area contributed by atoms with Gasteiger partial charge in [-0.15, -0.1) is 0 Å². The average molecular weight is 331 g/mol. The molecule has 0 saturated carbocycles. The number of carbonyl (C=O) groups excluding carboxylic acids is 1. The molecule has 0 spiro atoms. The van der Waals surface area contributed by atoms with E-state index in [1.54, 1.807) is 0 Å². The molecule has 0 heterocycles. The van der Waals surface area contributed by atoms with Crippen molar-refractivity contribution >= 4 is 34.8 Å². The van der Waals surface area contributed by atoms with Gasteiger partial charge in [-0.25, -0.2) is 0 Å². The fourth-order valence-electron chi connectivity index (χ4n) is 1.26. The lowest BCUT2D eigenvalue weighted by atomic mass is 10.2. The van der Waals surface area contributed by atoms with Gasteiger partial charge in [0.25, 0.3) is 11.6 Å². The van der Waals surface area contributed by atoms with Crippen LogP contribution in [0, 0.1) is 10.1 Å². The Labute approximate surface area is 120 Å². The van der Waals surface area contributed by atoms with Crippen LogP contribution in [0.15, 0.2) is 12.1 Å². The number of hydrogen-bond donors (Lipinski definition) is 1. The highest BCUT2D eigenvalue weighted by Crippen LogP contribution is 2.33. The normalized spacial score (nSPS) is 11.2. The van der Waals surface area contributed by atoms with E-state index in [2.05, 4.69) is 0 Å². The number of nitrogens with zero attached hydrogens (tertiary/aromatic N) is 1. The van der Waals surface area contributed by atoms with E-state index < -0.39 is 35.7 Å². The Morgan fingerprint density at radius 2 is 1.95 bits per heavy atom. The second kappa shape index (κ2) is 6.27. The van der Waals surface area contributed by atoms with E-state index in [4.69, 9.17) is 23.2 Å². The van der Waals surface area contributed by atoms with Gasteiger partial charge >= 0.3 is 6.18 Å². The van der Waals surface area contributed by atoms with Crippen LogP contribution in [-0.4, -0.2) is 23.6 Å². The van der Waals surface area contributed by atoms with Crippen molar-refractivity contribution in [1.29, 1.82) is 0 Å². The van der Waals surface area contributed by atoms with Gasteiger partial charge in [0.1, 0.15) is 5.02 Å². The molecule has 1 aromatic rings. The number of rotatable bonds is 4. The fourth-order valence-corrected chi connectivity index (χ4v) is 1.65. The number of halogens is 5. The maximum absolute atomic E-state index is 11.9. The lowest BCUT2D eigenvalue weighted by Crippen LogP contribution is -2.28. The van der Waals surface area contributed by atoms with Gasteiger partial charge in [0.15, 0.2) is 0 Å². The second-order valence-corrected chi connectivity index (χ2v) is 4.45. The predicted octanol–water partition coefficient (Wildman–Crippen LogP) is 3.58. The zero-order valence-electron chi connectivity index (χ0n) is 9.63. The van der Waals surface area contributed by atoms with Crippen LogP contribution in [0.25, 0.3) is 0 Å². The summed E-state index contributed by atoms with van der Waals surface area (Å²) in [5.74, 6) is -0.907. The molecule has 1 amide bonds. The number of nitro groups is 1. The van der Waals surface area contributed by atoms with Crippen molar-refractivity contribution in [3.8, 4) is 0 Å². The van der Waals surface area contributed by atoms with Gasteiger partial charge in [0.2, 0.25) is 0 Å². The third-order valence-corrected chi connectivity index (χ3v) is 2.95. The zero-order valence-corrected chi connectivity index (χ0v) is 11.1. The minimum Gasteiger partial charge on any atom is -0.352 e. The summed E-state index contributed by atoms with van der Waals surface area (Å²) in [5, 5.41) is 12.1. The van der Waals surface area contributed by atoms with E-state index in [1.807, 2.05) is 5.32 Å². The molecular formula is C10H7Cl2F3N2O3. The van der Waals surface area contributed by atoms with Gasteiger partial charge in [0, 0.05) is 18.2 Å². The molecule has 0 aliphatic rings. The Balaban J connectivity index is 2.86. The Morgan fingerprint density at radius 3 is 2.45 bits per heavy atom. The van der Waals surface area contributed by atoms with E-state index in [-0.39, 0.29) is 15.6 Å². The number of amides is 1. The second-order valence-electron chi connectivity index (χ2n) is 3.67. The van der Waals surface area contributed by atoms with Crippen LogP contribution < -0.4 is 5.32 Å². The molecule has 0 aliphatic carbocycles. The molecule has 1 N–H and O–H groups in total. The van der Waals surface area contributed by atoms with Crippen molar-refractivity contribution < 1.29 is 22.9 Å². The molecule has 0 atom stereocenters. The van der Waals surface area contributed by atoms with Crippen LogP contribution in [0.2, 0.25) is 10.0 Å². The Bertz CT molecular complexity index is 549. The van der Waals surface area contributed by atoms with Crippen LogP contribution in [0.4, 0.5) is 18.9 Å². The van der Waals surface area contributed by atoms with Crippen LogP contribution >= 0.6 is 23.2 Å². The van der Waals surface area contributed by atoms with Crippen molar-refractivity contribution in [2.75, 3.05) is 6.54 Å². The predicted molar refractivity (Wildman–Crippen MR) is 66.1 cm³/mol. The molecule has 10 heteroatoms. The van der Waals surface area contributed by atoms with Crippen molar-refractivity contribution in [3.05, 3.63) is 37.9 Å². The van der Waals surface area contributed by atoms with Crippen molar-refractivity contribution in [2.45, 2.75) is 12.6 Å². The van der Waals surface area contributed by atoms with Crippen LogP contribution in [-0.2, 0) is 0 Å². The Morgan fingerprint density at radius 1 is 1.35 bits per heavy atom. The molecular weight excluding hydrogens is 324 g/mol. The molecule has 0 aliphatic heterocycles. The van der Waals surface area contributed by atoms with Gasteiger partial charge in [-0.05, 0) is 6.07 Å². The minimum atomic E-state index is -4.41. The molecule has 0 unspecified atom stereocenters. The minimum absolute atomic E-state index is 0.234. The number of nitro benzene ring substituents is 1. The molecule has 0 aromatic heterocycles. The first-order valence-corrected chi connectivity index (χ1v) is 5.86. The number of benzene rings is 1. The van der Waals surface area contributed by atoms with Gasteiger partial charge in [-0.3, -0.25) is 14.9 Å². The summed E-state index contributed by atoms with van der Waals surface area (Å²) in [6.45, 7) is -0.642. The number of hydrogen-bond acceptors (Lipinski definition) is 3. The van der Waals surface area contributed by atoms with E-state index >= 15 is 0 Å². The van der Waals surface area contributed by atoms with Crippen molar-refractivity contribution in [1.82, 2.24) is 5.32 Å². The molecule has 1 rings (SSSR count). The summed E-state index contributed by atoms with van der Waals surface area (Å²) in [5.41, 5.74) is -0.839. The molecule has 110 valence electrons. The molecule has 0 radical (unpaired) electrons. The summed E-state index contributed by atoms with van der Waals surface area (Å²) >= 11 is 11.2. The largest absolute Gasteiger partial charge is 0.390 e. The summed E-state index contributed by atoms with van der Waals surface area (Å²) in [6.07, 6.45) is -5.61. The number of carbonyl (C=O) groups is 1. The van der Waals surface area contributed by atoms with Gasteiger partial charge in [0.05, 0.1) is 16.4 Å². The molecule has 0 saturated heterocycles. The van der Waals surface area contributed by atoms with Crippen molar-refractivity contribution in [3.63, 3.8) is 0 Å². The van der Waals surface area contributed by atoms with Crippen LogP contribution in [0.5, 0.6) is 0 Å². The van der Waals surface area contributed by atoms with Gasteiger partial charge in [-0.2, -0.15) is 13.2 Å². The maximum atomic E-state index is 11.9. The highest BCUT2D eigenvalue weighted by atomic mass is 35.5. The highest BCUT2D eigenvalue weighted by Gasteiger charge is 2.27. The number of alkyl halides is 3. The smallest absolute Gasteiger partial charge is 0.352 e. The van der Waals surface area contributed by atoms with E-state index in [9.17, 15) is 28.1 Å². The summed E-state index contributed by atoms with van der Waals surface area (Å²) < 4.78 is 35.7. The highest BCUT2D eigenvalue weighted by molar-refractivity contribution is 6.43. The first-order valence-electron chi connectivity index (χ1n) is 5.10. The summed E-state index contributed by atoms with van der Waals surface area (Å²) in [7, 11) is 0. The first kappa shape index (κ1) is 16.5. The fraction of sp³-hybridized carbons (Fsp3) is 0.300. The summed E-state index contributed by atoms with van der Waals surface area (Å²) in [6, 6.07) is 1.89. The summed E-state index contributed by atoms with van der Waals surface area (Å²) in [4.78, 5) is 21.4. The van der Waals surface area contributed by atoms with E-state index in [0.717, 1.165) is 12.1 Å². The Hall–Kier alpha value is -1.54. The third kappa shape index (κ3) is 4.53.